The van der Waals surface area contributed by atoms with Crippen LogP contribution in [0.5, 0.6) is 0 Å². The molecule has 3 nitrogen and oxygen atoms in total. The van der Waals surface area contributed by atoms with E-state index in [2.05, 4.69) is 24.1 Å². The molecule has 0 aromatic heterocycles. The third kappa shape index (κ3) is 4.22. The van der Waals surface area contributed by atoms with E-state index in [4.69, 9.17) is 4.74 Å². The van der Waals surface area contributed by atoms with Crippen LogP contribution in [0.2, 0.25) is 0 Å². The molecule has 2 aliphatic heterocycles. The summed E-state index contributed by atoms with van der Waals surface area (Å²) in [6.45, 7) is 10.3. The number of hydrogen-bond donors (Lipinski definition) is 1. The number of rotatable bonds is 5. The molecule has 18 heavy (non-hydrogen) atoms. The highest BCUT2D eigenvalue weighted by atomic mass is 16.5. The van der Waals surface area contributed by atoms with E-state index in [0.717, 1.165) is 25.6 Å². The molecule has 0 aromatic rings. The van der Waals surface area contributed by atoms with Crippen LogP contribution >= 0.6 is 0 Å². The van der Waals surface area contributed by atoms with Gasteiger partial charge in [0.05, 0.1) is 6.10 Å². The Labute approximate surface area is 112 Å². The van der Waals surface area contributed by atoms with Gasteiger partial charge in [0.1, 0.15) is 0 Å². The first kappa shape index (κ1) is 14.3. The van der Waals surface area contributed by atoms with Crippen molar-refractivity contribution < 1.29 is 4.74 Å². The summed E-state index contributed by atoms with van der Waals surface area (Å²) in [6.07, 6.45) is 7.13. The number of ether oxygens (including phenoxy) is 1. The summed E-state index contributed by atoms with van der Waals surface area (Å²) in [5.41, 5.74) is 0. The second-order valence-electron chi connectivity index (χ2n) is 6.00. The van der Waals surface area contributed by atoms with Gasteiger partial charge in [-0.2, -0.15) is 0 Å². The van der Waals surface area contributed by atoms with Crippen LogP contribution < -0.4 is 5.32 Å². The van der Waals surface area contributed by atoms with E-state index in [1.807, 2.05) is 0 Å². The van der Waals surface area contributed by atoms with E-state index in [9.17, 15) is 0 Å². The van der Waals surface area contributed by atoms with Gasteiger partial charge in [0.15, 0.2) is 0 Å². The SMILES string of the molecule is CCNC(C)C1CCCN(CC2CCCCO2)C1. The molecule has 3 unspecified atom stereocenters. The predicted molar refractivity (Wildman–Crippen MR) is 75.9 cm³/mol. The highest BCUT2D eigenvalue weighted by Crippen LogP contribution is 2.22. The smallest absolute Gasteiger partial charge is 0.0702 e. The summed E-state index contributed by atoms with van der Waals surface area (Å²) >= 11 is 0. The summed E-state index contributed by atoms with van der Waals surface area (Å²) < 4.78 is 5.87. The molecular weight excluding hydrogens is 224 g/mol. The Bertz CT molecular complexity index is 229. The van der Waals surface area contributed by atoms with Crippen LogP contribution in [0.1, 0.15) is 46.0 Å². The second-order valence-corrected chi connectivity index (χ2v) is 6.00. The van der Waals surface area contributed by atoms with Crippen molar-refractivity contribution in [2.45, 2.75) is 58.1 Å². The summed E-state index contributed by atoms with van der Waals surface area (Å²) in [4.78, 5) is 2.64. The van der Waals surface area contributed by atoms with Crippen molar-refractivity contribution in [3.63, 3.8) is 0 Å². The lowest BCUT2D eigenvalue weighted by molar-refractivity contribution is -0.0141. The van der Waals surface area contributed by atoms with Gasteiger partial charge < -0.3 is 15.0 Å². The Morgan fingerprint density at radius 3 is 2.89 bits per heavy atom. The van der Waals surface area contributed by atoms with Crippen molar-refractivity contribution in [1.82, 2.24) is 10.2 Å². The zero-order valence-electron chi connectivity index (χ0n) is 12.2. The van der Waals surface area contributed by atoms with Crippen LogP contribution in [0.4, 0.5) is 0 Å². The van der Waals surface area contributed by atoms with Crippen molar-refractivity contribution in [3.05, 3.63) is 0 Å². The summed E-state index contributed by atoms with van der Waals surface area (Å²) in [7, 11) is 0. The van der Waals surface area contributed by atoms with Gasteiger partial charge in [-0.25, -0.2) is 0 Å². The van der Waals surface area contributed by atoms with Gasteiger partial charge in [0.25, 0.3) is 0 Å². The minimum absolute atomic E-state index is 0.506. The lowest BCUT2D eigenvalue weighted by Gasteiger charge is -2.38. The first-order chi connectivity index (χ1) is 8.79. The molecule has 0 aliphatic carbocycles. The van der Waals surface area contributed by atoms with E-state index in [1.54, 1.807) is 0 Å². The van der Waals surface area contributed by atoms with E-state index < -0.39 is 0 Å². The highest BCUT2D eigenvalue weighted by molar-refractivity contribution is 4.81. The summed E-state index contributed by atoms with van der Waals surface area (Å²) in [6, 6.07) is 0.657. The Morgan fingerprint density at radius 2 is 2.17 bits per heavy atom. The van der Waals surface area contributed by atoms with Gasteiger partial charge >= 0.3 is 0 Å². The number of nitrogens with one attached hydrogen (secondary N) is 1. The van der Waals surface area contributed by atoms with Crippen LogP contribution in [0.25, 0.3) is 0 Å². The first-order valence-electron chi connectivity index (χ1n) is 7.87. The minimum Gasteiger partial charge on any atom is -0.377 e. The molecule has 3 heteroatoms. The fraction of sp³-hybridized carbons (Fsp3) is 1.00. The quantitative estimate of drug-likeness (QED) is 0.814. The molecule has 1 N–H and O–H groups in total. The molecule has 0 amide bonds. The average Bonchev–Trinajstić information content (AvgIpc) is 2.40. The molecule has 2 saturated heterocycles. The molecule has 0 spiro atoms. The Kier molecular flexibility index (Phi) is 5.93. The Hall–Kier alpha value is -0.120. The maximum Gasteiger partial charge on any atom is 0.0702 e. The van der Waals surface area contributed by atoms with E-state index in [1.165, 1.54) is 45.2 Å². The largest absolute Gasteiger partial charge is 0.377 e. The van der Waals surface area contributed by atoms with Crippen molar-refractivity contribution in [2.24, 2.45) is 5.92 Å². The number of nitrogens with zero attached hydrogens (tertiary/aromatic N) is 1. The molecule has 0 saturated carbocycles. The molecule has 0 aromatic carbocycles. The van der Waals surface area contributed by atoms with Gasteiger partial charge in [0.2, 0.25) is 0 Å². The van der Waals surface area contributed by atoms with Crippen LogP contribution in [-0.2, 0) is 4.74 Å². The molecule has 0 radical (unpaired) electrons. The molecule has 3 atom stereocenters. The number of piperidine rings is 1. The van der Waals surface area contributed by atoms with Crippen LogP contribution in [-0.4, -0.2) is 49.8 Å². The zero-order valence-corrected chi connectivity index (χ0v) is 12.2. The third-order valence-corrected chi connectivity index (χ3v) is 4.51. The van der Waals surface area contributed by atoms with E-state index in [-0.39, 0.29) is 0 Å². The van der Waals surface area contributed by atoms with Gasteiger partial charge in [-0.1, -0.05) is 6.92 Å². The van der Waals surface area contributed by atoms with Crippen molar-refractivity contribution in [1.29, 1.82) is 0 Å². The first-order valence-corrected chi connectivity index (χ1v) is 7.87. The van der Waals surface area contributed by atoms with E-state index in [0.29, 0.717) is 12.1 Å². The average molecular weight is 254 g/mol. The maximum atomic E-state index is 5.87. The molecule has 2 aliphatic rings. The van der Waals surface area contributed by atoms with Crippen LogP contribution in [0, 0.1) is 5.92 Å². The zero-order chi connectivity index (χ0) is 12.8. The normalized spacial score (nSPS) is 32.3. The highest BCUT2D eigenvalue weighted by Gasteiger charge is 2.26. The predicted octanol–water partition coefficient (Wildman–Crippen LogP) is 2.27. The van der Waals surface area contributed by atoms with Gasteiger partial charge in [-0.05, 0) is 58.0 Å². The lowest BCUT2D eigenvalue weighted by atomic mass is 9.91. The van der Waals surface area contributed by atoms with Crippen molar-refractivity contribution in [3.8, 4) is 0 Å². The van der Waals surface area contributed by atoms with Gasteiger partial charge in [-0.3, -0.25) is 0 Å². The molecule has 2 rings (SSSR count). The van der Waals surface area contributed by atoms with Crippen molar-refractivity contribution in [2.75, 3.05) is 32.8 Å². The minimum atomic E-state index is 0.506. The molecule has 106 valence electrons. The second kappa shape index (κ2) is 7.46. The fourth-order valence-corrected chi connectivity index (χ4v) is 3.39. The van der Waals surface area contributed by atoms with Crippen molar-refractivity contribution >= 4 is 0 Å². The van der Waals surface area contributed by atoms with Crippen LogP contribution in [0.3, 0.4) is 0 Å². The number of hydrogen-bond acceptors (Lipinski definition) is 3. The van der Waals surface area contributed by atoms with Gasteiger partial charge in [0, 0.05) is 25.7 Å². The molecular formula is C15H30N2O. The monoisotopic (exact) mass is 254 g/mol. The van der Waals surface area contributed by atoms with Crippen LogP contribution in [0.15, 0.2) is 0 Å². The van der Waals surface area contributed by atoms with E-state index >= 15 is 0 Å². The topological polar surface area (TPSA) is 24.5 Å². The molecule has 0 bridgehead atoms. The number of likely N-dealkylation sites (tertiary alicyclic amines) is 1. The fourth-order valence-electron chi connectivity index (χ4n) is 3.39. The third-order valence-electron chi connectivity index (χ3n) is 4.51. The standard InChI is InChI=1S/C15H30N2O/c1-3-16-13(2)14-7-6-9-17(11-14)12-15-8-4-5-10-18-15/h13-16H,3-12H2,1-2H3. The lowest BCUT2D eigenvalue weighted by Crippen LogP contribution is -2.47. The van der Waals surface area contributed by atoms with Gasteiger partial charge in [-0.15, -0.1) is 0 Å². The Balaban J connectivity index is 1.75. The summed E-state index contributed by atoms with van der Waals surface area (Å²) in [5, 5.41) is 3.58. The molecule has 2 heterocycles. The Morgan fingerprint density at radius 1 is 1.28 bits per heavy atom. The summed E-state index contributed by atoms with van der Waals surface area (Å²) in [5.74, 6) is 0.822. The molecule has 2 fully saturated rings. The maximum absolute atomic E-state index is 5.87.